The molecule has 3 aromatic rings. The van der Waals surface area contributed by atoms with Crippen LogP contribution in [0.1, 0.15) is 13.8 Å². The Morgan fingerprint density at radius 3 is 2.40 bits per heavy atom. The van der Waals surface area contributed by atoms with Crippen LogP contribution in [0.3, 0.4) is 0 Å². The van der Waals surface area contributed by atoms with Gasteiger partial charge in [-0.2, -0.15) is 0 Å². The molecule has 0 spiro atoms. The predicted octanol–water partition coefficient (Wildman–Crippen LogP) is 4.88. The monoisotopic (exact) mass is 354 g/mol. The molecule has 0 aliphatic rings. The molecule has 0 atom stereocenters. The van der Waals surface area contributed by atoms with Crippen LogP contribution in [0, 0.1) is 0 Å². The minimum atomic E-state index is -0.440. The first kappa shape index (κ1) is 17.0. The van der Waals surface area contributed by atoms with E-state index in [1.54, 1.807) is 23.9 Å². The maximum atomic E-state index is 11.9. The summed E-state index contributed by atoms with van der Waals surface area (Å²) in [7, 11) is 0. The summed E-state index contributed by atoms with van der Waals surface area (Å²) in [6.45, 7) is 4.30. The van der Waals surface area contributed by atoms with Crippen LogP contribution < -0.4 is 10.6 Å². The van der Waals surface area contributed by atoms with E-state index in [4.69, 9.17) is 4.42 Å². The number of aromatic nitrogens is 2. The number of anilines is 2. The summed E-state index contributed by atoms with van der Waals surface area (Å²) >= 11 is 1.78. The Balaban J connectivity index is 1.63. The first-order valence-electron chi connectivity index (χ1n) is 7.84. The van der Waals surface area contributed by atoms with E-state index in [9.17, 15) is 4.79 Å². The van der Waals surface area contributed by atoms with Crippen molar-refractivity contribution in [1.82, 2.24) is 10.2 Å². The van der Waals surface area contributed by atoms with E-state index in [0.29, 0.717) is 16.8 Å². The predicted molar refractivity (Wildman–Crippen MR) is 99.8 cm³/mol. The highest BCUT2D eigenvalue weighted by molar-refractivity contribution is 7.99. The van der Waals surface area contributed by atoms with Crippen molar-refractivity contribution in [2.24, 2.45) is 0 Å². The van der Waals surface area contributed by atoms with E-state index >= 15 is 0 Å². The number of thioether (sulfide) groups is 1. The molecule has 6 nitrogen and oxygen atoms in total. The highest BCUT2D eigenvalue weighted by Crippen LogP contribution is 2.26. The molecule has 0 unspecified atom stereocenters. The van der Waals surface area contributed by atoms with Gasteiger partial charge in [0, 0.05) is 21.4 Å². The lowest BCUT2D eigenvalue weighted by molar-refractivity contribution is 0.261. The quantitative estimate of drug-likeness (QED) is 0.638. The van der Waals surface area contributed by atoms with Gasteiger partial charge in [-0.3, -0.25) is 5.32 Å². The van der Waals surface area contributed by atoms with Gasteiger partial charge in [-0.1, -0.05) is 37.1 Å². The standard InChI is InChI=1S/C18H18N4O2S/c1-12(2)25-15-10-8-13(9-11-15)16-21-22-18(24-16)20-17(23)19-14-6-4-3-5-7-14/h3-12H,1-2H3,(H2,19,20,22,23). The number of benzene rings is 2. The number of hydrogen-bond donors (Lipinski definition) is 2. The molecule has 0 bridgehead atoms. The molecule has 2 amide bonds. The van der Waals surface area contributed by atoms with Crippen molar-refractivity contribution in [2.45, 2.75) is 24.0 Å². The number of para-hydroxylation sites is 1. The minimum Gasteiger partial charge on any atom is -0.403 e. The van der Waals surface area contributed by atoms with Crippen molar-refractivity contribution >= 4 is 29.5 Å². The topological polar surface area (TPSA) is 80.0 Å². The van der Waals surface area contributed by atoms with Gasteiger partial charge in [0.25, 0.3) is 0 Å². The van der Waals surface area contributed by atoms with Crippen LogP contribution in [0.15, 0.2) is 63.9 Å². The molecule has 2 aromatic carbocycles. The van der Waals surface area contributed by atoms with E-state index in [0.717, 1.165) is 5.56 Å². The van der Waals surface area contributed by atoms with Gasteiger partial charge < -0.3 is 9.73 Å². The minimum absolute atomic E-state index is 0.0454. The Bertz CT molecular complexity index is 832. The van der Waals surface area contributed by atoms with E-state index in [1.165, 1.54) is 4.90 Å². The molecule has 0 saturated heterocycles. The van der Waals surface area contributed by atoms with Crippen molar-refractivity contribution in [3.05, 3.63) is 54.6 Å². The molecule has 7 heteroatoms. The zero-order valence-electron chi connectivity index (χ0n) is 13.9. The fourth-order valence-electron chi connectivity index (χ4n) is 2.12. The number of nitrogens with one attached hydrogen (secondary N) is 2. The number of urea groups is 1. The van der Waals surface area contributed by atoms with Crippen molar-refractivity contribution in [1.29, 1.82) is 0 Å². The summed E-state index contributed by atoms with van der Waals surface area (Å²) in [5.74, 6) is 0.358. The SMILES string of the molecule is CC(C)Sc1ccc(-c2nnc(NC(=O)Nc3ccccc3)o2)cc1. The summed E-state index contributed by atoms with van der Waals surface area (Å²) in [5, 5.41) is 13.6. The van der Waals surface area contributed by atoms with Gasteiger partial charge in [0.05, 0.1) is 0 Å². The Hall–Kier alpha value is -2.80. The lowest BCUT2D eigenvalue weighted by atomic mass is 10.2. The first-order valence-corrected chi connectivity index (χ1v) is 8.72. The molecule has 25 heavy (non-hydrogen) atoms. The van der Waals surface area contributed by atoms with Gasteiger partial charge >= 0.3 is 12.0 Å². The van der Waals surface area contributed by atoms with Gasteiger partial charge in [0.15, 0.2) is 0 Å². The largest absolute Gasteiger partial charge is 0.403 e. The average molecular weight is 354 g/mol. The second-order valence-corrected chi connectivity index (χ2v) is 7.20. The van der Waals surface area contributed by atoms with Gasteiger partial charge in [0.2, 0.25) is 5.89 Å². The fraction of sp³-hybridized carbons (Fsp3) is 0.167. The summed E-state index contributed by atoms with van der Waals surface area (Å²) in [6, 6.07) is 16.6. The number of hydrogen-bond acceptors (Lipinski definition) is 5. The van der Waals surface area contributed by atoms with Crippen molar-refractivity contribution < 1.29 is 9.21 Å². The smallest absolute Gasteiger partial charge is 0.327 e. The van der Waals surface area contributed by atoms with Crippen LogP contribution in [0.5, 0.6) is 0 Å². The van der Waals surface area contributed by atoms with Crippen molar-refractivity contribution in [2.75, 3.05) is 10.6 Å². The molecule has 0 aliphatic carbocycles. The third-order valence-corrected chi connectivity index (χ3v) is 4.17. The Morgan fingerprint density at radius 2 is 1.72 bits per heavy atom. The Morgan fingerprint density at radius 1 is 1.00 bits per heavy atom. The Labute approximate surface area is 150 Å². The van der Waals surface area contributed by atoms with E-state index in [1.807, 2.05) is 42.5 Å². The fourth-order valence-corrected chi connectivity index (χ4v) is 2.96. The van der Waals surface area contributed by atoms with Crippen LogP contribution in [-0.4, -0.2) is 21.5 Å². The molecule has 1 aromatic heterocycles. The third kappa shape index (κ3) is 4.84. The van der Waals surface area contributed by atoms with Crippen LogP contribution in [0.2, 0.25) is 0 Å². The maximum absolute atomic E-state index is 11.9. The van der Waals surface area contributed by atoms with E-state index in [2.05, 4.69) is 34.7 Å². The van der Waals surface area contributed by atoms with E-state index in [-0.39, 0.29) is 6.01 Å². The molecule has 128 valence electrons. The second kappa shape index (κ2) is 7.85. The van der Waals surface area contributed by atoms with Crippen LogP contribution in [0.25, 0.3) is 11.5 Å². The number of carbonyl (C=O) groups excluding carboxylic acids is 1. The molecule has 1 heterocycles. The number of carbonyl (C=O) groups is 1. The normalized spacial score (nSPS) is 10.7. The van der Waals surface area contributed by atoms with Gasteiger partial charge in [-0.05, 0) is 36.4 Å². The summed E-state index contributed by atoms with van der Waals surface area (Å²) in [4.78, 5) is 13.1. The highest BCUT2D eigenvalue weighted by atomic mass is 32.2. The molecule has 0 fully saturated rings. The molecule has 0 aliphatic heterocycles. The lowest BCUT2D eigenvalue weighted by Crippen LogP contribution is -2.19. The van der Waals surface area contributed by atoms with Gasteiger partial charge in [-0.15, -0.1) is 16.9 Å². The summed E-state index contributed by atoms with van der Waals surface area (Å²) < 4.78 is 5.50. The highest BCUT2D eigenvalue weighted by Gasteiger charge is 2.11. The zero-order valence-corrected chi connectivity index (χ0v) is 14.7. The molecule has 0 radical (unpaired) electrons. The summed E-state index contributed by atoms with van der Waals surface area (Å²) in [6.07, 6.45) is 0. The number of amides is 2. The van der Waals surface area contributed by atoms with Crippen LogP contribution in [-0.2, 0) is 0 Å². The number of rotatable bonds is 5. The average Bonchev–Trinajstić information content (AvgIpc) is 3.04. The van der Waals surface area contributed by atoms with Gasteiger partial charge in [0.1, 0.15) is 0 Å². The second-order valence-electron chi connectivity index (χ2n) is 5.55. The lowest BCUT2D eigenvalue weighted by Gasteiger charge is -2.04. The summed E-state index contributed by atoms with van der Waals surface area (Å²) in [5.41, 5.74) is 1.48. The molecule has 2 N–H and O–H groups in total. The van der Waals surface area contributed by atoms with Crippen LogP contribution in [0.4, 0.5) is 16.5 Å². The molecular formula is C18H18N4O2S. The zero-order chi connectivity index (χ0) is 17.6. The molecule has 3 rings (SSSR count). The third-order valence-electron chi connectivity index (χ3n) is 3.15. The first-order chi connectivity index (χ1) is 12.1. The van der Waals surface area contributed by atoms with Crippen molar-refractivity contribution in [3.8, 4) is 11.5 Å². The molecular weight excluding hydrogens is 336 g/mol. The van der Waals surface area contributed by atoms with Crippen LogP contribution >= 0.6 is 11.8 Å². The number of nitrogens with zero attached hydrogens (tertiary/aromatic N) is 2. The Kier molecular flexibility index (Phi) is 5.35. The maximum Gasteiger partial charge on any atom is 0.327 e. The molecule has 0 saturated carbocycles. The van der Waals surface area contributed by atoms with Gasteiger partial charge in [-0.25, -0.2) is 4.79 Å². The van der Waals surface area contributed by atoms with E-state index < -0.39 is 6.03 Å². The van der Waals surface area contributed by atoms with Crippen molar-refractivity contribution in [3.63, 3.8) is 0 Å².